The lowest BCUT2D eigenvalue weighted by atomic mass is 10.1. The second-order valence-electron chi connectivity index (χ2n) is 7.97. The van der Waals surface area contributed by atoms with E-state index in [0.717, 1.165) is 10.4 Å². The molecule has 0 bridgehead atoms. The minimum Gasteiger partial charge on any atom is -0.454 e. The lowest BCUT2D eigenvalue weighted by Gasteiger charge is -2.17. The molecular weight excluding hydrogens is 470 g/mol. The first kappa shape index (κ1) is 24.5. The number of methoxy groups -OCH3 is 1. The number of nitrogens with one attached hydrogen (secondary N) is 2. The molecule has 9 nitrogen and oxygen atoms in total. The molecule has 0 saturated heterocycles. The van der Waals surface area contributed by atoms with Crippen LogP contribution in [0.3, 0.4) is 0 Å². The molecule has 1 aliphatic heterocycles. The molecule has 0 aliphatic carbocycles. The van der Waals surface area contributed by atoms with Crippen molar-refractivity contribution in [1.29, 1.82) is 0 Å². The van der Waals surface area contributed by atoms with Crippen LogP contribution in [0.25, 0.3) is 0 Å². The Kier molecular flexibility index (Phi) is 7.84. The third kappa shape index (κ3) is 5.72. The Hall–Kier alpha value is -3.63. The number of aromatic nitrogens is 1. The predicted molar refractivity (Wildman–Crippen MR) is 131 cm³/mol. The minimum absolute atomic E-state index is 0.0909. The molecule has 2 amide bonds. The number of benzene rings is 1. The van der Waals surface area contributed by atoms with Crippen LogP contribution in [-0.4, -0.2) is 36.9 Å². The van der Waals surface area contributed by atoms with Crippen LogP contribution in [0.5, 0.6) is 11.5 Å². The Balaban J connectivity index is 1.55. The Morgan fingerprint density at radius 1 is 1.14 bits per heavy atom. The first-order valence-corrected chi connectivity index (χ1v) is 12.1. The predicted octanol–water partition coefficient (Wildman–Crippen LogP) is 3.10. The summed E-state index contributed by atoms with van der Waals surface area (Å²) in [5.41, 5.74) is -0.0381. The zero-order chi connectivity index (χ0) is 24.8. The number of hydrogen-bond donors (Lipinski definition) is 2. The van der Waals surface area contributed by atoms with Crippen molar-refractivity contribution in [3.8, 4) is 11.5 Å². The highest BCUT2D eigenvalue weighted by Crippen LogP contribution is 2.32. The van der Waals surface area contributed by atoms with Crippen LogP contribution in [0.2, 0.25) is 0 Å². The number of carbonyl (C=O) groups excluding carboxylic acids is 2. The van der Waals surface area contributed by atoms with Crippen LogP contribution in [-0.2, 0) is 17.8 Å². The Morgan fingerprint density at radius 3 is 2.63 bits per heavy atom. The van der Waals surface area contributed by atoms with Gasteiger partial charge in [0.25, 0.3) is 11.8 Å². The standard InChI is InChI=1S/C25H27N3O6S/c1-3-19(22-5-4-10-35-22)27-25(31)18-14-28(8-9-32-2)13-17(23(18)29)24(30)26-12-16-6-7-20-21(11-16)34-15-33-20/h4-7,10-11,13-14,19H,3,8-9,12,15H2,1-2H3,(H,26,30)(H,27,31)/t19-/m0/s1. The van der Waals surface area contributed by atoms with E-state index < -0.39 is 17.2 Å². The van der Waals surface area contributed by atoms with E-state index in [2.05, 4.69) is 10.6 Å². The Morgan fingerprint density at radius 2 is 1.91 bits per heavy atom. The van der Waals surface area contributed by atoms with Gasteiger partial charge in [-0.3, -0.25) is 14.4 Å². The summed E-state index contributed by atoms with van der Waals surface area (Å²) in [5, 5.41) is 7.63. The highest BCUT2D eigenvalue weighted by atomic mass is 32.1. The van der Waals surface area contributed by atoms with E-state index in [9.17, 15) is 14.4 Å². The number of fused-ring (bicyclic) bond motifs is 1. The van der Waals surface area contributed by atoms with Gasteiger partial charge in [-0.2, -0.15) is 0 Å². The molecule has 0 spiro atoms. The van der Waals surface area contributed by atoms with E-state index in [0.29, 0.717) is 31.1 Å². The molecule has 1 atom stereocenters. The van der Waals surface area contributed by atoms with Crippen LogP contribution in [0.15, 0.2) is 52.9 Å². The zero-order valence-electron chi connectivity index (χ0n) is 19.5. The summed E-state index contributed by atoms with van der Waals surface area (Å²) in [6.07, 6.45) is 3.58. The van der Waals surface area contributed by atoms with Crippen molar-refractivity contribution >= 4 is 23.2 Å². The third-order valence-corrected chi connectivity index (χ3v) is 6.60. The highest BCUT2D eigenvalue weighted by Gasteiger charge is 2.22. The molecule has 4 rings (SSSR count). The highest BCUT2D eigenvalue weighted by molar-refractivity contribution is 7.10. The van der Waals surface area contributed by atoms with Gasteiger partial charge in [0.15, 0.2) is 11.5 Å². The second-order valence-corrected chi connectivity index (χ2v) is 8.94. The van der Waals surface area contributed by atoms with E-state index >= 15 is 0 Å². The van der Waals surface area contributed by atoms with Gasteiger partial charge < -0.3 is 29.4 Å². The second kappa shape index (κ2) is 11.2. The summed E-state index contributed by atoms with van der Waals surface area (Å²) >= 11 is 1.54. The van der Waals surface area contributed by atoms with Crippen LogP contribution in [0.1, 0.15) is 50.5 Å². The molecule has 3 heterocycles. The van der Waals surface area contributed by atoms with Crippen molar-refractivity contribution in [3.05, 3.63) is 79.9 Å². The van der Waals surface area contributed by atoms with Crippen molar-refractivity contribution in [2.75, 3.05) is 20.5 Å². The summed E-state index contributed by atoms with van der Waals surface area (Å²) in [6.45, 7) is 3.03. The van der Waals surface area contributed by atoms with Gasteiger partial charge in [-0.1, -0.05) is 19.1 Å². The molecule has 35 heavy (non-hydrogen) atoms. The minimum atomic E-state index is -0.625. The fourth-order valence-corrected chi connectivity index (χ4v) is 4.57. The van der Waals surface area contributed by atoms with E-state index in [1.807, 2.05) is 30.5 Å². The Bertz CT molecular complexity index is 1250. The third-order valence-electron chi connectivity index (χ3n) is 5.61. The molecule has 2 N–H and O–H groups in total. The number of hydrogen-bond acceptors (Lipinski definition) is 7. The van der Waals surface area contributed by atoms with Gasteiger partial charge in [-0.15, -0.1) is 11.3 Å². The van der Waals surface area contributed by atoms with Crippen molar-refractivity contribution < 1.29 is 23.8 Å². The number of ether oxygens (including phenoxy) is 3. The molecule has 10 heteroatoms. The number of rotatable bonds is 10. The van der Waals surface area contributed by atoms with Gasteiger partial charge in [0.05, 0.1) is 12.6 Å². The lowest BCUT2D eigenvalue weighted by Crippen LogP contribution is -2.36. The van der Waals surface area contributed by atoms with Crippen LogP contribution < -0.4 is 25.5 Å². The van der Waals surface area contributed by atoms with Crippen molar-refractivity contribution in [2.24, 2.45) is 0 Å². The zero-order valence-corrected chi connectivity index (χ0v) is 20.4. The monoisotopic (exact) mass is 497 g/mol. The fraction of sp³-hybridized carbons (Fsp3) is 0.320. The summed E-state index contributed by atoms with van der Waals surface area (Å²) in [4.78, 5) is 40.3. The van der Waals surface area contributed by atoms with Crippen molar-refractivity contribution in [1.82, 2.24) is 15.2 Å². The molecule has 3 aromatic rings. The van der Waals surface area contributed by atoms with Crippen LogP contribution >= 0.6 is 11.3 Å². The van der Waals surface area contributed by atoms with E-state index in [1.165, 1.54) is 23.7 Å². The summed E-state index contributed by atoms with van der Waals surface area (Å²) in [7, 11) is 1.56. The number of amides is 2. The SMILES string of the molecule is CC[C@H](NC(=O)c1cn(CCOC)cc(C(=O)NCc2ccc3c(c2)OCO3)c1=O)c1cccs1. The normalized spacial score (nSPS) is 12.9. The molecule has 1 aliphatic rings. The summed E-state index contributed by atoms with van der Waals surface area (Å²) < 4.78 is 17.4. The number of nitrogens with zero attached hydrogens (tertiary/aromatic N) is 1. The molecule has 1 aromatic carbocycles. The largest absolute Gasteiger partial charge is 0.454 e. The van der Waals surface area contributed by atoms with Crippen LogP contribution in [0, 0.1) is 0 Å². The molecule has 0 radical (unpaired) electrons. The molecule has 184 valence electrons. The van der Waals surface area contributed by atoms with Gasteiger partial charge in [0.1, 0.15) is 11.1 Å². The maximum atomic E-state index is 13.2. The quantitative estimate of drug-likeness (QED) is 0.446. The lowest BCUT2D eigenvalue weighted by molar-refractivity contribution is 0.0933. The fourth-order valence-electron chi connectivity index (χ4n) is 3.71. The molecule has 0 fully saturated rings. The van der Waals surface area contributed by atoms with Gasteiger partial charge in [-0.05, 0) is 35.6 Å². The van der Waals surface area contributed by atoms with E-state index in [4.69, 9.17) is 14.2 Å². The number of thiophene rings is 1. The van der Waals surface area contributed by atoms with E-state index in [1.54, 1.807) is 23.8 Å². The number of carbonyl (C=O) groups is 2. The average molecular weight is 498 g/mol. The topological polar surface area (TPSA) is 108 Å². The summed E-state index contributed by atoms with van der Waals surface area (Å²) in [6, 6.07) is 8.98. The van der Waals surface area contributed by atoms with Gasteiger partial charge >= 0.3 is 0 Å². The maximum absolute atomic E-state index is 13.2. The molecule has 2 aromatic heterocycles. The Labute approximate surface area is 206 Å². The smallest absolute Gasteiger partial charge is 0.257 e. The van der Waals surface area contributed by atoms with Crippen LogP contribution in [0.4, 0.5) is 0 Å². The first-order valence-electron chi connectivity index (χ1n) is 11.2. The van der Waals surface area contributed by atoms with Crippen molar-refractivity contribution in [2.45, 2.75) is 32.5 Å². The van der Waals surface area contributed by atoms with E-state index in [-0.39, 0.29) is 30.5 Å². The van der Waals surface area contributed by atoms with Gasteiger partial charge in [-0.25, -0.2) is 0 Å². The number of pyridine rings is 1. The van der Waals surface area contributed by atoms with Gasteiger partial charge in [0.2, 0.25) is 12.2 Å². The van der Waals surface area contributed by atoms with Crippen molar-refractivity contribution in [3.63, 3.8) is 0 Å². The first-order chi connectivity index (χ1) is 17.0. The molecule has 0 saturated carbocycles. The average Bonchev–Trinajstić information content (AvgIpc) is 3.57. The summed E-state index contributed by atoms with van der Waals surface area (Å²) in [5.74, 6) is 0.159. The van der Waals surface area contributed by atoms with Gasteiger partial charge in [0, 0.05) is 37.5 Å². The molecular formula is C25H27N3O6S. The maximum Gasteiger partial charge on any atom is 0.257 e. The molecule has 0 unspecified atom stereocenters.